The topological polar surface area (TPSA) is 137 Å². The Balaban J connectivity index is 1.41. The van der Waals surface area contributed by atoms with Crippen LogP contribution < -0.4 is 19.7 Å². The standard InChI is InChI=1S/C34H36F2N6O6S/c1-34(2,3)42-29-11-8-22(23-17-27(32(47-4)37-19-23)39-49(45,46)28-10-9-24(35)18-26(28)36)20-41(29)30(31(42)38-33(43)44)21-6-5-7-25(16-21)40-12-14-48-15-13-40/h5-11,16-19,38-39H,12-15,20H2,1-4H3,(H,43,44). The largest absolute Gasteiger partial charge is 0.480 e. The van der Waals surface area contributed by atoms with Crippen molar-refractivity contribution < 1.29 is 36.6 Å². The van der Waals surface area contributed by atoms with Gasteiger partial charge in [-0.15, -0.1) is 0 Å². The molecule has 1 amide bonds. The number of benzene rings is 2. The summed E-state index contributed by atoms with van der Waals surface area (Å²) in [6.07, 6.45) is 4.04. The van der Waals surface area contributed by atoms with Crippen LogP contribution in [0.4, 0.5) is 25.0 Å². The van der Waals surface area contributed by atoms with Crippen LogP contribution in [0.2, 0.25) is 0 Å². The summed E-state index contributed by atoms with van der Waals surface area (Å²) in [5.41, 5.74) is 3.05. The van der Waals surface area contributed by atoms with Crippen LogP contribution in [0.3, 0.4) is 0 Å². The third kappa shape index (κ3) is 6.76. The lowest BCUT2D eigenvalue weighted by molar-refractivity contribution is 0.122. The SMILES string of the molecule is COc1ncc(C2=CC=C3N(C2)C(c2cccc(N4CCOCC4)c2)=C(NC(=O)O)N3C(C)(C)C)cc1NS(=O)(=O)c1ccc(F)cc1F. The predicted octanol–water partition coefficient (Wildman–Crippen LogP) is 5.25. The van der Waals surface area contributed by atoms with Gasteiger partial charge in [0, 0.05) is 47.7 Å². The van der Waals surface area contributed by atoms with Crippen molar-refractivity contribution in [1.29, 1.82) is 0 Å². The van der Waals surface area contributed by atoms with Gasteiger partial charge in [-0.2, -0.15) is 0 Å². The highest BCUT2D eigenvalue weighted by Gasteiger charge is 2.42. The van der Waals surface area contributed by atoms with Crippen molar-refractivity contribution >= 4 is 38.8 Å². The number of carbonyl (C=O) groups is 1. The number of morpholine rings is 1. The molecule has 1 saturated heterocycles. The summed E-state index contributed by atoms with van der Waals surface area (Å²) in [7, 11) is -3.18. The zero-order valence-corrected chi connectivity index (χ0v) is 28.1. The molecule has 1 fully saturated rings. The molecule has 15 heteroatoms. The lowest BCUT2D eigenvalue weighted by Crippen LogP contribution is -2.44. The van der Waals surface area contributed by atoms with Gasteiger partial charge in [0.15, 0.2) is 0 Å². The fourth-order valence-corrected chi connectivity index (χ4v) is 7.22. The van der Waals surface area contributed by atoms with Gasteiger partial charge in [-0.1, -0.05) is 18.2 Å². The molecule has 3 aliphatic heterocycles. The molecule has 12 nitrogen and oxygen atoms in total. The molecule has 0 atom stereocenters. The van der Waals surface area contributed by atoms with Gasteiger partial charge in [0.25, 0.3) is 10.0 Å². The summed E-state index contributed by atoms with van der Waals surface area (Å²) in [6, 6.07) is 11.6. The highest BCUT2D eigenvalue weighted by atomic mass is 32.2. The van der Waals surface area contributed by atoms with Crippen molar-refractivity contribution in [2.75, 3.05) is 49.6 Å². The van der Waals surface area contributed by atoms with E-state index in [1.807, 2.05) is 67.0 Å². The molecule has 0 saturated carbocycles. The second-order valence-electron chi connectivity index (χ2n) is 12.5. The minimum atomic E-state index is -4.50. The van der Waals surface area contributed by atoms with Crippen molar-refractivity contribution in [2.24, 2.45) is 0 Å². The van der Waals surface area contributed by atoms with E-state index >= 15 is 0 Å². The lowest BCUT2D eigenvalue weighted by Gasteiger charge is -2.38. The summed E-state index contributed by atoms with van der Waals surface area (Å²) in [4.78, 5) is 21.9. The number of hydrogen-bond acceptors (Lipinski definition) is 9. The molecule has 0 bridgehead atoms. The van der Waals surface area contributed by atoms with Crippen molar-refractivity contribution in [2.45, 2.75) is 31.2 Å². The maximum Gasteiger partial charge on any atom is 0.410 e. The van der Waals surface area contributed by atoms with Gasteiger partial charge in [0.1, 0.15) is 33.9 Å². The Bertz CT molecular complexity index is 2000. The summed E-state index contributed by atoms with van der Waals surface area (Å²) < 4.78 is 67.5. The molecule has 258 valence electrons. The zero-order chi connectivity index (χ0) is 35.1. The van der Waals surface area contributed by atoms with E-state index in [2.05, 4.69) is 19.9 Å². The number of hydrogen-bond donors (Lipinski definition) is 3. The maximum absolute atomic E-state index is 14.5. The van der Waals surface area contributed by atoms with Crippen LogP contribution in [0.25, 0.3) is 11.3 Å². The van der Waals surface area contributed by atoms with Crippen LogP contribution in [-0.2, 0) is 14.8 Å². The molecule has 0 unspecified atom stereocenters. The van der Waals surface area contributed by atoms with E-state index in [4.69, 9.17) is 9.47 Å². The molecular formula is C34H36F2N6O6S. The third-order valence-electron chi connectivity index (χ3n) is 8.22. The van der Waals surface area contributed by atoms with Gasteiger partial charge < -0.3 is 29.3 Å². The first-order valence-corrected chi connectivity index (χ1v) is 16.9. The molecule has 1 aromatic heterocycles. The van der Waals surface area contributed by atoms with E-state index in [9.17, 15) is 27.1 Å². The lowest BCUT2D eigenvalue weighted by atomic mass is 10.0. The van der Waals surface area contributed by atoms with E-state index in [1.54, 1.807) is 0 Å². The number of rotatable bonds is 8. The molecule has 6 rings (SSSR count). The first-order valence-electron chi connectivity index (χ1n) is 15.4. The highest BCUT2D eigenvalue weighted by Crippen LogP contribution is 2.45. The van der Waals surface area contributed by atoms with Crippen LogP contribution in [0.5, 0.6) is 5.88 Å². The fourth-order valence-electron chi connectivity index (χ4n) is 6.11. The summed E-state index contributed by atoms with van der Waals surface area (Å²) in [5, 5.41) is 12.6. The summed E-state index contributed by atoms with van der Waals surface area (Å²) >= 11 is 0. The number of halogens is 2. The normalized spacial score (nSPS) is 16.7. The number of methoxy groups -OCH3 is 1. The van der Waals surface area contributed by atoms with E-state index < -0.39 is 38.2 Å². The third-order valence-corrected chi connectivity index (χ3v) is 9.62. The van der Waals surface area contributed by atoms with Crippen LogP contribution in [-0.4, -0.2) is 79.9 Å². The maximum atomic E-state index is 14.5. The molecule has 3 N–H and O–H groups in total. The van der Waals surface area contributed by atoms with Gasteiger partial charge >= 0.3 is 6.09 Å². The molecule has 3 aromatic rings. The second kappa shape index (κ2) is 13.0. The van der Waals surface area contributed by atoms with Gasteiger partial charge in [-0.05, 0) is 62.8 Å². The fraction of sp³-hybridized carbons (Fsp3) is 0.294. The molecule has 0 radical (unpaired) electrons. The number of sulfonamides is 1. The number of nitrogens with one attached hydrogen (secondary N) is 2. The minimum Gasteiger partial charge on any atom is -0.480 e. The molecular weight excluding hydrogens is 658 g/mol. The van der Waals surface area contributed by atoms with Gasteiger partial charge in [-0.3, -0.25) is 10.0 Å². The predicted molar refractivity (Wildman–Crippen MR) is 180 cm³/mol. The number of allylic oxidation sites excluding steroid dienone is 2. The van der Waals surface area contributed by atoms with Crippen molar-refractivity contribution in [3.8, 4) is 5.88 Å². The smallest absolute Gasteiger partial charge is 0.410 e. The summed E-state index contributed by atoms with van der Waals surface area (Å²) in [5.74, 6) is -1.09. The second-order valence-corrected chi connectivity index (χ2v) is 14.2. The Hall–Kier alpha value is -5.15. The zero-order valence-electron chi connectivity index (χ0n) is 27.3. The van der Waals surface area contributed by atoms with Crippen LogP contribution >= 0.6 is 0 Å². The van der Waals surface area contributed by atoms with Gasteiger partial charge in [0.05, 0.1) is 32.6 Å². The average Bonchev–Trinajstić information content (AvgIpc) is 3.37. The van der Waals surface area contributed by atoms with Crippen molar-refractivity contribution in [3.63, 3.8) is 0 Å². The molecule has 0 spiro atoms. The van der Waals surface area contributed by atoms with E-state index in [1.165, 1.54) is 19.4 Å². The summed E-state index contributed by atoms with van der Waals surface area (Å²) in [6.45, 7) is 8.87. The first-order chi connectivity index (χ1) is 23.3. The Morgan fingerprint density at radius 3 is 2.47 bits per heavy atom. The molecule has 2 aromatic carbocycles. The van der Waals surface area contributed by atoms with Crippen molar-refractivity contribution in [3.05, 3.63) is 101 Å². The number of aromatic nitrogens is 1. The Labute approximate surface area is 283 Å². The molecule has 0 aliphatic carbocycles. The number of anilines is 2. The quantitative estimate of drug-likeness (QED) is 0.287. The molecule has 3 aliphatic rings. The van der Waals surface area contributed by atoms with E-state index in [0.29, 0.717) is 36.4 Å². The monoisotopic (exact) mass is 694 g/mol. The number of amides is 1. The molecule has 4 heterocycles. The van der Waals surface area contributed by atoms with E-state index in [-0.39, 0.29) is 18.1 Å². The van der Waals surface area contributed by atoms with Crippen molar-refractivity contribution in [1.82, 2.24) is 20.1 Å². The van der Waals surface area contributed by atoms with Crippen LogP contribution in [0.1, 0.15) is 31.9 Å². The number of nitrogens with zero attached hydrogens (tertiary/aromatic N) is 4. The highest BCUT2D eigenvalue weighted by molar-refractivity contribution is 7.92. The minimum absolute atomic E-state index is 0.0562. The Kier molecular flexibility index (Phi) is 8.98. The average molecular weight is 695 g/mol. The number of carboxylic acid groups (broad SMARTS) is 1. The van der Waals surface area contributed by atoms with E-state index in [0.717, 1.165) is 47.9 Å². The van der Waals surface area contributed by atoms with Gasteiger partial charge in [0.2, 0.25) is 5.88 Å². The number of ether oxygens (including phenoxy) is 2. The Morgan fingerprint density at radius 2 is 1.80 bits per heavy atom. The number of pyridine rings is 1. The number of fused-ring (bicyclic) bond motifs is 1. The van der Waals surface area contributed by atoms with Crippen LogP contribution in [0.15, 0.2) is 83.4 Å². The molecule has 49 heavy (non-hydrogen) atoms. The van der Waals surface area contributed by atoms with Gasteiger partial charge in [-0.25, -0.2) is 27.0 Å². The first kappa shape index (κ1) is 33.7. The van der Waals surface area contributed by atoms with Crippen LogP contribution in [0, 0.1) is 11.6 Å². The Morgan fingerprint density at radius 1 is 1.04 bits per heavy atom.